The maximum absolute atomic E-state index is 9.39. The fraction of sp³-hybridized carbons (Fsp3) is 0.800. The highest BCUT2D eigenvalue weighted by atomic mass is 16.3. The minimum absolute atomic E-state index is 0.144. The first-order valence-electron chi connectivity index (χ1n) is 4.79. The molecule has 0 bridgehead atoms. The molecular formula is C10H19NO2. The summed E-state index contributed by atoms with van der Waals surface area (Å²) < 4.78 is 0. The van der Waals surface area contributed by atoms with Crippen molar-refractivity contribution in [2.45, 2.75) is 32.4 Å². The van der Waals surface area contributed by atoms with Crippen molar-refractivity contribution < 1.29 is 10.2 Å². The second-order valence-corrected chi connectivity index (χ2v) is 3.96. The predicted molar refractivity (Wildman–Crippen MR) is 52.5 cm³/mol. The standard InChI is InChI=1S/C10H19NO2/c1-8(2)3-4-11-6-10(13)5-9(11)7-12/h3,9-10,12-13H,4-7H2,1-2H3/t9-,10+/m0/s1. The van der Waals surface area contributed by atoms with Crippen LogP contribution in [0.2, 0.25) is 0 Å². The van der Waals surface area contributed by atoms with Gasteiger partial charge in [0.2, 0.25) is 0 Å². The van der Waals surface area contributed by atoms with E-state index >= 15 is 0 Å². The summed E-state index contributed by atoms with van der Waals surface area (Å²) in [5.74, 6) is 0. The Balaban J connectivity index is 2.44. The molecule has 0 amide bonds. The number of β-amino-alcohol motifs (C(OH)–C–C–N with tert-alkyl or cyclic N) is 1. The average Bonchev–Trinajstić information content (AvgIpc) is 2.42. The summed E-state index contributed by atoms with van der Waals surface area (Å²) in [5.41, 5.74) is 1.28. The molecule has 1 aliphatic heterocycles. The van der Waals surface area contributed by atoms with E-state index in [0.29, 0.717) is 13.0 Å². The van der Waals surface area contributed by atoms with E-state index in [2.05, 4.69) is 24.8 Å². The van der Waals surface area contributed by atoms with E-state index in [1.165, 1.54) is 5.57 Å². The average molecular weight is 185 g/mol. The lowest BCUT2D eigenvalue weighted by molar-refractivity contribution is 0.167. The van der Waals surface area contributed by atoms with Gasteiger partial charge >= 0.3 is 0 Å². The van der Waals surface area contributed by atoms with E-state index in [1.807, 2.05) is 0 Å². The molecule has 3 heteroatoms. The van der Waals surface area contributed by atoms with Crippen molar-refractivity contribution >= 4 is 0 Å². The largest absolute Gasteiger partial charge is 0.395 e. The van der Waals surface area contributed by atoms with Crippen LogP contribution < -0.4 is 0 Å². The molecule has 1 saturated heterocycles. The van der Waals surface area contributed by atoms with Crippen molar-refractivity contribution in [1.29, 1.82) is 0 Å². The summed E-state index contributed by atoms with van der Waals surface area (Å²) in [6, 6.07) is 0.144. The number of hydrogen-bond acceptors (Lipinski definition) is 3. The smallest absolute Gasteiger partial charge is 0.0683 e. The molecule has 1 heterocycles. The van der Waals surface area contributed by atoms with Gasteiger partial charge in [0.1, 0.15) is 0 Å². The second-order valence-electron chi connectivity index (χ2n) is 3.96. The van der Waals surface area contributed by atoms with Crippen LogP contribution in [0.25, 0.3) is 0 Å². The van der Waals surface area contributed by atoms with Gasteiger partial charge in [-0.3, -0.25) is 4.90 Å². The molecule has 0 aromatic rings. The first-order valence-corrected chi connectivity index (χ1v) is 4.79. The molecule has 76 valence electrons. The van der Waals surface area contributed by atoms with Crippen molar-refractivity contribution in [3.05, 3.63) is 11.6 Å². The van der Waals surface area contributed by atoms with Gasteiger partial charge in [0.05, 0.1) is 12.7 Å². The van der Waals surface area contributed by atoms with Gasteiger partial charge in [0.25, 0.3) is 0 Å². The van der Waals surface area contributed by atoms with Crippen molar-refractivity contribution in [2.24, 2.45) is 0 Å². The number of rotatable bonds is 3. The molecule has 2 atom stereocenters. The van der Waals surface area contributed by atoms with Crippen molar-refractivity contribution in [3.8, 4) is 0 Å². The minimum Gasteiger partial charge on any atom is -0.395 e. The van der Waals surface area contributed by atoms with Gasteiger partial charge in [-0.2, -0.15) is 0 Å². The Labute approximate surface area is 79.7 Å². The van der Waals surface area contributed by atoms with Gasteiger partial charge < -0.3 is 10.2 Å². The van der Waals surface area contributed by atoms with Crippen LogP contribution in [0.15, 0.2) is 11.6 Å². The lowest BCUT2D eigenvalue weighted by Crippen LogP contribution is -2.32. The van der Waals surface area contributed by atoms with Gasteiger partial charge in [-0.05, 0) is 20.3 Å². The maximum atomic E-state index is 9.39. The quantitative estimate of drug-likeness (QED) is 0.625. The lowest BCUT2D eigenvalue weighted by Gasteiger charge is -2.20. The van der Waals surface area contributed by atoms with Gasteiger partial charge in [0, 0.05) is 19.1 Å². The molecule has 0 radical (unpaired) electrons. The van der Waals surface area contributed by atoms with Crippen LogP contribution in [0.1, 0.15) is 20.3 Å². The molecule has 0 unspecified atom stereocenters. The van der Waals surface area contributed by atoms with Crippen molar-refractivity contribution in [1.82, 2.24) is 4.90 Å². The topological polar surface area (TPSA) is 43.7 Å². The molecule has 0 aromatic heterocycles. The number of likely N-dealkylation sites (tertiary alicyclic amines) is 1. The highest BCUT2D eigenvalue weighted by Crippen LogP contribution is 2.17. The third-order valence-corrected chi connectivity index (χ3v) is 2.45. The zero-order valence-electron chi connectivity index (χ0n) is 8.40. The number of nitrogens with zero attached hydrogens (tertiary/aromatic N) is 1. The zero-order valence-corrected chi connectivity index (χ0v) is 8.40. The lowest BCUT2D eigenvalue weighted by atomic mass is 10.2. The molecule has 0 aliphatic carbocycles. The summed E-state index contributed by atoms with van der Waals surface area (Å²) in [7, 11) is 0. The molecule has 2 N–H and O–H groups in total. The number of hydrogen-bond donors (Lipinski definition) is 2. The third-order valence-electron chi connectivity index (χ3n) is 2.45. The third kappa shape index (κ3) is 3.10. The summed E-state index contributed by atoms with van der Waals surface area (Å²) in [5, 5.41) is 18.4. The molecule has 0 spiro atoms. The molecule has 1 fully saturated rings. The highest BCUT2D eigenvalue weighted by Gasteiger charge is 2.29. The van der Waals surface area contributed by atoms with Crippen LogP contribution in [0.3, 0.4) is 0 Å². The number of aliphatic hydroxyl groups excluding tert-OH is 2. The van der Waals surface area contributed by atoms with Crippen LogP contribution in [-0.4, -0.2) is 47.0 Å². The van der Waals surface area contributed by atoms with Crippen LogP contribution in [0.4, 0.5) is 0 Å². The Hall–Kier alpha value is -0.380. The van der Waals surface area contributed by atoms with E-state index in [0.717, 1.165) is 6.54 Å². The molecule has 0 saturated carbocycles. The Kier molecular flexibility index (Phi) is 3.90. The fourth-order valence-electron chi connectivity index (χ4n) is 1.67. The summed E-state index contributed by atoms with van der Waals surface area (Å²) in [6.45, 7) is 5.79. The summed E-state index contributed by atoms with van der Waals surface area (Å²) in [6.07, 6.45) is 2.57. The normalized spacial score (nSPS) is 29.2. The molecule has 13 heavy (non-hydrogen) atoms. The minimum atomic E-state index is -0.261. The molecule has 1 rings (SSSR count). The zero-order chi connectivity index (χ0) is 9.84. The van der Waals surface area contributed by atoms with Gasteiger partial charge in [-0.25, -0.2) is 0 Å². The van der Waals surface area contributed by atoms with Crippen molar-refractivity contribution in [3.63, 3.8) is 0 Å². The van der Waals surface area contributed by atoms with Crippen LogP contribution in [0.5, 0.6) is 0 Å². The fourth-order valence-corrected chi connectivity index (χ4v) is 1.67. The number of allylic oxidation sites excluding steroid dienone is 1. The Morgan fingerprint density at radius 3 is 2.77 bits per heavy atom. The van der Waals surface area contributed by atoms with Gasteiger partial charge in [0.15, 0.2) is 0 Å². The number of aliphatic hydroxyl groups is 2. The van der Waals surface area contributed by atoms with Crippen LogP contribution in [0, 0.1) is 0 Å². The van der Waals surface area contributed by atoms with Crippen molar-refractivity contribution in [2.75, 3.05) is 19.7 Å². The van der Waals surface area contributed by atoms with Gasteiger partial charge in [-0.15, -0.1) is 0 Å². The Morgan fingerprint density at radius 2 is 2.23 bits per heavy atom. The van der Waals surface area contributed by atoms with E-state index in [-0.39, 0.29) is 18.8 Å². The van der Waals surface area contributed by atoms with Crippen LogP contribution >= 0.6 is 0 Å². The SMILES string of the molecule is CC(C)=CCN1C[C@H](O)C[C@H]1CO. The monoisotopic (exact) mass is 185 g/mol. The predicted octanol–water partition coefficient (Wildman–Crippen LogP) is 0.380. The molecular weight excluding hydrogens is 166 g/mol. The Bertz CT molecular complexity index is 187. The molecule has 1 aliphatic rings. The molecule has 0 aromatic carbocycles. The maximum Gasteiger partial charge on any atom is 0.0683 e. The van der Waals surface area contributed by atoms with E-state index in [4.69, 9.17) is 5.11 Å². The van der Waals surface area contributed by atoms with Gasteiger partial charge in [-0.1, -0.05) is 11.6 Å². The first kappa shape index (κ1) is 10.7. The van der Waals surface area contributed by atoms with Crippen LogP contribution in [-0.2, 0) is 0 Å². The summed E-state index contributed by atoms with van der Waals surface area (Å²) >= 11 is 0. The highest BCUT2D eigenvalue weighted by molar-refractivity contribution is 4.97. The second kappa shape index (κ2) is 4.74. The van der Waals surface area contributed by atoms with E-state index in [1.54, 1.807) is 0 Å². The summed E-state index contributed by atoms with van der Waals surface area (Å²) in [4.78, 5) is 2.12. The molecule has 3 nitrogen and oxygen atoms in total. The first-order chi connectivity index (χ1) is 6.13. The Morgan fingerprint density at radius 1 is 1.54 bits per heavy atom. The van der Waals surface area contributed by atoms with E-state index in [9.17, 15) is 5.11 Å². The van der Waals surface area contributed by atoms with E-state index < -0.39 is 0 Å².